The molecule has 0 saturated carbocycles. The highest BCUT2D eigenvalue weighted by Crippen LogP contribution is 2.22. The fourth-order valence-corrected chi connectivity index (χ4v) is 3.18. The summed E-state index contributed by atoms with van der Waals surface area (Å²) in [5, 5.41) is 11.3. The molecular weight excluding hydrogens is 276 g/mol. The molecule has 3 rings (SSSR count). The molecule has 2 heterocycles. The number of carbonyl (C=O) groups excluding carboxylic acids is 1. The van der Waals surface area contributed by atoms with Gasteiger partial charge in [-0.1, -0.05) is 6.07 Å². The van der Waals surface area contributed by atoms with Gasteiger partial charge in [-0.15, -0.1) is 0 Å². The number of hydrogen-bond donors (Lipinski definition) is 2. The molecule has 22 heavy (non-hydrogen) atoms. The molecule has 118 valence electrons. The van der Waals surface area contributed by atoms with Crippen molar-refractivity contribution in [2.45, 2.75) is 44.6 Å². The lowest BCUT2D eigenvalue weighted by molar-refractivity contribution is -0.131. The predicted molar refractivity (Wildman–Crippen MR) is 87.7 cm³/mol. The predicted octanol–water partition coefficient (Wildman–Crippen LogP) is 2.86. The number of aliphatic hydroxyl groups is 1. The van der Waals surface area contributed by atoms with E-state index in [9.17, 15) is 9.90 Å². The van der Waals surface area contributed by atoms with E-state index in [2.05, 4.69) is 29.2 Å². The molecule has 1 aromatic heterocycles. The highest BCUT2D eigenvalue weighted by molar-refractivity contribution is 5.80. The van der Waals surface area contributed by atoms with E-state index in [1.54, 1.807) is 0 Å². The second-order valence-corrected chi connectivity index (χ2v) is 6.63. The Morgan fingerprint density at radius 2 is 2.18 bits per heavy atom. The van der Waals surface area contributed by atoms with E-state index in [1.165, 1.54) is 10.9 Å². The van der Waals surface area contributed by atoms with Crippen LogP contribution in [-0.4, -0.2) is 39.6 Å². The fraction of sp³-hybridized carbons (Fsp3) is 0.500. The third kappa shape index (κ3) is 3.50. The Labute approximate surface area is 131 Å². The number of benzene rings is 1. The standard InChI is InChI=1S/C18H24N2O2/c1-18(22)8-2-11-20(12-9-18)17(21)6-4-14-3-5-16-15(13-14)7-10-19-16/h3,5,7,10,13,19,22H,2,4,6,8-9,11-12H2,1H3. The Morgan fingerprint density at radius 3 is 3.05 bits per heavy atom. The van der Waals surface area contributed by atoms with Crippen molar-refractivity contribution < 1.29 is 9.90 Å². The maximum Gasteiger partial charge on any atom is 0.222 e. The van der Waals surface area contributed by atoms with Crippen molar-refractivity contribution in [1.29, 1.82) is 0 Å². The van der Waals surface area contributed by atoms with Gasteiger partial charge in [0, 0.05) is 31.2 Å². The molecule has 1 aliphatic heterocycles. The van der Waals surface area contributed by atoms with Gasteiger partial charge in [0.1, 0.15) is 0 Å². The van der Waals surface area contributed by atoms with Gasteiger partial charge in [0.25, 0.3) is 0 Å². The molecule has 0 bridgehead atoms. The topological polar surface area (TPSA) is 56.3 Å². The Hall–Kier alpha value is -1.81. The van der Waals surface area contributed by atoms with Crippen LogP contribution >= 0.6 is 0 Å². The van der Waals surface area contributed by atoms with Gasteiger partial charge in [-0.2, -0.15) is 0 Å². The first kappa shape index (κ1) is 15.1. The third-order valence-corrected chi connectivity index (χ3v) is 4.66. The molecule has 1 fully saturated rings. The molecule has 4 nitrogen and oxygen atoms in total. The first-order chi connectivity index (χ1) is 10.5. The fourth-order valence-electron chi connectivity index (χ4n) is 3.18. The van der Waals surface area contributed by atoms with E-state index < -0.39 is 5.60 Å². The Kier molecular flexibility index (Phi) is 4.21. The summed E-state index contributed by atoms with van der Waals surface area (Å²) < 4.78 is 0. The molecule has 0 radical (unpaired) electrons. The Balaban J connectivity index is 1.57. The van der Waals surface area contributed by atoms with Crippen molar-refractivity contribution in [3.63, 3.8) is 0 Å². The summed E-state index contributed by atoms with van der Waals surface area (Å²) in [6.45, 7) is 3.31. The molecule has 1 saturated heterocycles. The number of amides is 1. The molecule has 1 unspecified atom stereocenters. The van der Waals surface area contributed by atoms with Crippen molar-refractivity contribution in [2.24, 2.45) is 0 Å². The molecule has 2 N–H and O–H groups in total. The Bertz CT molecular complexity index is 660. The van der Waals surface area contributed by atoms with Crippen LogP contribution in [0.4, 0.5) is 0 Å². The van der Waals surface area contributed by atoms with Gasteiger partial charge < -0.3 is 15.0 Å². The lowest BCUT2D eigenvalue weighted by Crippen LogP contribution is -2.33. The van der Waals surface area contributed by atoms with Crippen LogP contribution in [0.15, 0.2) is 30.5 Å². The summed E-state index contributed by atoms with van der Waals surface area (Å²) in [5.74, 6) is 0.201. The van der Waals surface area contributed by atoms with Crippen molar-refractivity contribution >= 4 is 16.8 Å². The number of fused-ring (bicyclic) bond motifs is 1. The van der Waals surface area contributed by atoms with E-state index >= 15 is 0 Å². The van der Waals surface area contributed by atoms with Gasteiger partial charge in [0.2, 0.25) is 5.91 Å². The second-order valence-electron chi connectivity index (χ2n) is 6.63. The van der Waals surface area contributed by atoms with Crippen LogP contribution in [0, 0.1) is 0 Å². The van der Waals surface area contributed by atoms with Crippen LogP contribution in [0.1, 0.15) is 38.2 Å². The Morgan fingerprint density at radius 1 is 1.32 bits per heavy atom. The summed E-state index contributed by atoms with van der Waals surface area (Å²) >= 11 is 0. The van der Waals surface area contributed by atoms with E-state index in [-0.39, 0.29) is 5.91 Å². The van der Waals surface area contributed by atoms with Gasteiger partial charge in [-0.05, 0) is 61.8 Å². The zero-order chi connectivity index (χ0) is 15.6. The van der Waals surface area contributed by atoms with Crippen LogP contribution in [0.3, 0.4) is 0 Å². The summed E-state index contributed by atoms with van der Waals surface area (Å²) in [6, 6.07) is 8.35. The number of likely N-dealkylation sites (tertiary alicyclic amines) is 1. The highest BCUT2D eigenvalue weighted by Gasteiger charge is 2.26. The van der Waals surface area contributed by atoms with E-state index in [0.717, 1.165) is 31.3 Å². The number of H-pyrrole nitrogens is 1. The normalized spacial score (nSPS) is 22.7. The minimum Gasteiger partial charge on any atom is -0.390 e. The number of hydrogen-bond acceptors (Lipinski definition) is 2. The molecular formula is C18H24N2O2. The maximum absolute atomic E-state index is 12.4. The van der Waals surface area contributed by atoms with Crippen molar-refractivity contribution in [3.8, 4) is 0 Å². The van der Waals surface area contributed by atoms with Crippen molar-refractivity contribution in [3.05, 3.63) is 36.0 Å². The zero-order valence-corrected chi connectivity index (χ0v) is 13.1. The molecule has 0 spiro atoms. The molecule has 1 amide bonds. The lowest BCUT2D eigenvalue weighted by Gasteiger charge is -2.22. The number of nitrogens with zero attached hydrogens (tertiary/aromatic N) is 1. The number of aromatic nitrogens is 1. The minimum absolute atomic E-state index is 0.201. The summed E-state index contributed by atoms with van der Waals surface area (Å²) in [4.78, 5) is 17.5. The molecule has 0 aliphatic carbocycles. The molecule has 1 atom stereocenters. The van der Waals surface area contributed by atoms with Gasteiger partial charge in [0.15, 0.2) is 0 Å². The van der Waals surface area contributed by atoms with Crippen LogP contribution in [0.5, 0.6) is 0 Å². The monoisotopic (exact) mass is 300 g/mol. The van der Waals surface area contributed by atoms with Crippen molar-refractivity contribution in [2.75, 3.05) is 13.1 Å². The van der Waals surface area contributed by atoms with E-state index in [1.807, 2.05) is 18.0 Å². The molecule has 2 aromatic rings. The van der Waals surface area contributed by atoms with Gasteiger partial charge in [-0.25, -0.2) is 0 Å². The number of aryl methyl sites for hydroxylation is 1. The van der Waals surface area contributed by atoms with Gasteiger partial charge >= 0.3 is 0 Å². The number of carbonyl (C=O) groups is 1. The number of rotatable bonds is 3. The largest absolute Gasteiger partial charge is 0.390 e. The number of nitrogens with one attached hydrogen (secondary N) is 1. The summed E-state index contributed by atoms with van der Waals surface area (Å²) in [6.07, 6.45) is 5.58. The van der Waals surface area contributed by atoms with Crippen LogP contribution < -0.4 is 0 Å². The quantitative estimate of drug-likeness (QED) is 0.916. The first-order valence-electron chi connectivity index (χ1n) is 8.10. The smallest absolute Gasteiger partial charge is 0.222 e. The van der Waals surface area contributed by atoms with Crippen molar-refractivity contribution in [1.82, 2.24) is 9.88 Å². The average molecular weight is 300 g/mol. The second kappa shape index (κ2) is 6.13. The highest BCUT2D eigenvalue weighted by atomic mass is 16.3. The molecule has 1 aromatic carbocycles. The summed E-state index contributed by atoms with van der Waals surface area (Å²) in [5.41, 5.74) is 1.71. The first-order valence-corrected chi connectivity index (χ1v) is 8.10. The third-order valence-electron chi connectivity index (χ3n) is 4.66. The zero-order valence-electron chi connectivity index (χ0n) is 13.1. The molecule has 4 heteroatoms. The maximum atomic E-state index is 12.4. The lowest BCUT2D eigenvalue weighted by atomic mass is 9.98. The van der Waals surface area contributed by atoms with Crippen LogP contribution in [-0.2, 0) is 11.2 Å². The van der Waals surface area contributed by atoms with E-state index in [0.29, 0.717) is 19.4 Å². The number of aromatic amines is 1. The summed E-state index contributed by atoms with van der Waals surface area (Å²) in [7, 11) is 0. The van der Waals surface area contributed by atoms with Gasteiger partial charge in [0.05, 0.1) is 5.60 Å². The average Bonchev–Trinajstić information content (AvgIpc) is 2.87. The molecule has 1 aliphatic rings. The van der Waals surface area contributed by atoms with Crippen LogP contribution in [0.2, 0.25) is 0 Å². The van der Waals surface area contributed by atoms with E-state index in [4.69, 9.17) is 0 Å². The van der Waals surface area contributed by atoms with Crippen LogP contribution in [0.25, 0.3) is 10.9 Å². The minimum atomic E-state index is -0.617. The SMILES string of the molecule is CC1(O)CCCN(C(=O)CCc2ccc3[nH]ccc3c2)CC1. The van der Waals surface area contributed by atoms with Gasteiger partial charge in [-0.3, -0.25) is 4.79 Å².